The lowest BCUT2D eigenvalue weighted by molar-refractivity contribution is 0.102. The van der Waals surface area contributed by atoms with E-state index < -0.39 is 0 Å². The average molecular weight is 397 g/mol. The number of aromatic nitrogens is 2. The van der Waals surface area contributed by atoms with Crippen LogP contribution in [-0.4, -0.2) is 23.0 Å². The van der Waals surface area contributed by atoms with Gasteiger partial charge in [0, 0.05) is 6.07 Å². The Labute approximate surface area is 168 Å². The number of carbonyl (C=O) groups excluding carboxylic acids is 1. The second kappa shape index (κ2) is 8.27. The summed E-state index contributed by atoms with van der Waals surface area (Å²) >= 11 is 6.30. The van der Waals surface area contributed by atoms with E-state index in [0.717, 1.165) is 16.8 Å². The van der Waals surface area contributed by atoms with Crippen LogP contribution >= 0.6 is 11.6 Å². The Morgan fingerprint density at radius 3 is 2.54 bits per heavy atom. The highest BCUT2D eigenvalue weighted by Gasteiger charge is 2.15. The van der Waals surface area contributed by atoms with Gasteiger partial charge in [0.25, 0.3) is 5.91 Å². The summed E-state index contributed by atoms with van der Waals surface area (Å²) in [6.45, 7) is 5.58. The number of anilines is 3. The Hall–Kier alpha value is -3.12. The van der Waals surface area contributed by atoms with Gasteiger partial charge in [0.1, 0.15) is 23.1 Å². The number of carbonyl (C=O) groups is 1. The third-order valence-corrected chi connectivity index (χ3v) is 4.41. The molecule has 0 unspecified atom stereocenters. The first-order chi connectivity index (χ1) is 13.4. The fourth-order valence-electron chi connectivity index (χ4n) is 2.89. The maximum atomic E-state index is 12.8. The molecule has 2 N–H and O–H groups in total. The number of aryl methyl sites for hydroxylation is 3. The molecule has 0 saturated heterocycles. The summed E-state index contributed by atoms with van der Waals surface area (Å²) < 4.78 is 5.34. The molecule has 0 spiro atoms. The minimum absolute atomic E-state index is 0.237. The van der Waals surface area contributed by atoms with E-state index >= 15 is 0 Å². The second-order valence-electron chi connectivity index (χ2n) is 6.40. The largest absolute Gasteiger partial charge is 0.495 e. The predicted octanol–water partition coefficient (Wildman–Crippen LogP) is 5.06. The molecule has 6 nitrogen and oxygen atoms in total. The molecule has 1 heterocycles. The van der Waals surface area contributed by atoms with Gasteiger partial charge in [-0.3, -0.25) is 4.79 Å². The first-order valence-electron chi connectivity index (χ1n) is 8.71. The van der Waals surface area contributed by atoms with Gasteiger partial charge in [0.2, 0.25) is 0 Å². The number of benzene rings is 2. The number of halogens is 1. The molecule has 0 bridgehead atoms. The Kier molecular flexibility index (Phi) is 5.80. The second-order valence-corrected chi connectivity index (χ2v) is 6.81. The van der Waals surface area contributed by atoms with Crippen molar-refractivity contribution in [1.82, 2.24) is 9.97 Å². The highest BCUT2D eigenvalue weighted by Crippen LogP contribution is 2.29. The number of methoxy groups -OCH3 is 1. The first-order valence-corrected chi connectivity index (χ1v) is 9.09. The van der Waals surface area contributed by atoms with Crippen LogP contribution in [0.4, 0.5) is 17.2 Å². The van der Waals surface area contributed by atoms with Crippen molar-refractivity contribution in [3.63, 3.8) is 0 Å². The number of ether oxygens (including phenoxy) is 1. The Bertz CT molecular complexity index is 1010. The molecule has 0 aliphatic heterocycles. The van der Waals surface area contributed by atoms with Crippen LogP contribution < -0.4 is 15.4 Å². The van der Waals surface area contributed by atoms with Gasteiger partial charge in [0.05, 0.1) is 23.5 Å². The topological polar surface area (TPSA) is 76.1 Å². The molecule has 1 aromatic heterocycles. The number of nitrogens with one attached hydrogen (secondary N) is 2. The van der Waals surface area contributed by atoms with Crippen molar-refractivity contribution in [1.29, 1.82) is 0 Å². The Morgan fingerprint density at radius 1 is 1.07 bits per heavy atom. The molecule has 2 aromatic carbocycles. The summed E-state index contributed by atoms with van der Waals surface area (Å²) in [7, 11) is 1.60. The molecule has 0 saturated carbocycles. The molecule has 0 aliphatic carbocycles. The first kappa shape index (κ1) is 19.6. The van der Waals surface area contributed by atoms with Crippen molar-refractivity contribution >= 4 is 34.7 Å². The maximum Gasteiger partial charge on any atom is 0.274 e. The van der Waals surface area contributed by atoms with Crippen LogP contribution in [-0.2, 0) is 0 Å². The summed E-state index contributed by atoms with van der Waals surface area (Å²) in [6.07, 6.45) is 0. The molecule has 1 amide bonds. The monoisotopic (exact) mass is 396 g/mol. The van der Waals surface area contributed by atoms with E-state index in [1.54, 1.807) is 20.1 Å². The Balaban J connectivity index is 1.88. The number of amides is 1. The van der Waals surface area contributed by atoms with Crippen molar-refractivity contribution < 1.29 is 9.53 Å². The van der Waals surface area contributed by atoms with E-state index in [4.69, 9.17) is 16.3 Å². The fraction of sp³-hybridized carbons (Fsp3) is 0.190. The van der Waals surface area contributed by atoms with E-state index in [1.807, 2.05) is 50.2 Å². The van der Waals surface area contributed by atoms with Gasteiger partial charge in [-0.1, -0.05) is 29.8 Å². The van der Waals surface area contributed by atoms with Crippen LogP contribution in [0.25, 0.3) is 0 Å². The SMILES string of the molecule is COc1ccccc1Nc1cc(C(=O)Nc2c(C)cc(C)cc2Cl)nc(C)n1. The van der Waals surface area contributed by atoms with Crippen molar-refractivity contribution in [2.45, 2.75) is 20.8 Å². The molecule has 28 heavy (non-hydrogen) atoms. The van der Waals surface area contributed by atoms with Gasteiger partial charge in [0.15, 0.2) is 0 Å². The van der Waals surface area contributed by atoms with Gasteiger partial charge in [-0.2, -0.15) is 0 Å². The van der Waals surface area contributed by atoms with E-state index in [2.05, 4.69) is 20.6 Å². The lowest BCUT2D eigenvalue weighted by Gasteiger charge is -2.13. The summed E-state index contributed by atoms with van der Waals surface area (Å²) in [5.41, 5.74) is 3.47. The maximum absolute atomic E-state index is 12.8. The highest BCUT2D eigenvalue weighted by atomic mass is 35.5. The van der Waals surface area contributed by atoms with Crippen LogP contribution in [0.2, 0.25) is 5.02 Å². The fourth-order valence-corrected chi connectivity index (χ4v) is 3.25. The van der Waals surface area contributed by atoms with E-state index in [-0.39, 0.29) is 11.6 Å². The third-order valence-electron chi connectivity index (χ3n) is 4.11. The standard InChI is InChI=1S/C21H21ClN4O2/c1-12-9-13(2)20(15(22)10-12)26-21(27)17-11-19(24-14(3)23-17)25-16-7-5-6-8-18(16)28-4/h5-11H,1-4H3,(H,26,27)(H,23,24,25). The zero-order chi connectivity index (χ0) is 20.3. The number of hydrogen-bond acceptors (Lipinski definition) is 5. The predicted molar refractivity (Wildman–Crippen MR) is 112 cm³/mol. The molecule has 7 heteroatoms. The molecule has 3 rings (SSSR count). The smallest absolute Gasteiger partial charge is 0.274 e. The number of hydrogen-bond donors (Lipinski definition) is 2. The minimum Gasteiger partial charge on any atom is -0.495 e. The molecule has 0 fully saturated rings. The van der Waals surface area contributed by atoms with Gasteiger partial charge in [-0.05, 0) is 50.1 Å². The zero-order valence-electron chi connectivity index (χ0n) is 16.1. The number of rotatable bonds is 5. The molecule has 0 atom stereocenters. The molecular formula is C21H21ClN4O2. The highest BCUT2D eigenvalue weighted by molar-refractivity contribution is 6.34. The van der Waals surface area contributed by atoms with E-state index in [9.17, 15) is 4.79 Å². The van der Waals surface area contributed by atoms with Crippen molar-refractivity contribution in [3.05, 3.63) is 70.1 Å². The molecule has 0 aliphatic rings. The molecular weight excluding hydrogens is 376 g/mol. The van der Waals surface area contributed by atoms with Crippen LogP contribution in [0, 0.1) is 20.8 Å². The van der Waals surface area contributed by atoms with Crippen LogP contribution in [0.3, 0.4) is 0 Å². The van der Waals surface area contributed by atoms with Crippen molar-refractivity contribution in [3.8, 4) is 5.75 Å². The normalized spacial score (nSPS) is 10.5. The van der Waals surface area contributed by atoms with Crippen LogP contribution in [0.1, 0.15) is 27.4 Å². The summed E-state index contributed by atoms with van der Waals surface area (Å²) in [5, 5.41) is 6.51. The van der Waals surface area contributed by atoms with Crippen LogP contribution in [0.5, 0.6) is 5.75 Å². The Morgan fingerprint density at radius 2 is 1.82 bits per heavy atom. The summed E-state index contributed by atoms with van der Waals surface area (Å²) in [4.78, 5) is 21.4. The van der Waals surface area contributed by atoms with Crippen molar-refractivity contribution in [2.75, 3.05) is 17.7 Å². The number of nitrogens with zero attached hydrogens (tertiary/aromatic N) is 2. The quantitative estimate of drug-likeness (QED) is 0.630. The molecule has 3 aromatic rings. The van der Waals surface area contributed by atoms with Gasteiger partial charge >= 0.3 is 0 Å². The zero-order valence-corrected chi connectivity index (χ0v) is 16.9. The van der Waals surface area contributed by atoms with Gasteiger partial charge < -0.3 is 15.4 Å². The van der Waals surface area contributed by atoms with Crippen molar-refractivity contribution in [2.24, 2.45) is 0 Å². The summed E-state index contributed by atoms with van der Waals surface area (Å²) in [6, 6.07) is 12.8. The van der Waals surface area contributed by atoms with E-state index in [1.165, 1.54) is 0 Å². The average Bonchev–Trinajstić information content (AvgIpc) is 2.64. The summed E-state index contributed by atoms with van der Waals surface area (Å²) in [5.74, 6) is 1.28. The number of para-hydroxylation sites is 2. The lowest BCUT2D eigenvalue weighted by Crippen LogP contribution is -2.16. The molecule has 0 radical (unpaired) electrons. The lowest BCUT2D eigenvalue weighted by atomic mass is 10.1. The minimum atomic E-state index is -0.359. The molecule has 144 valence electrons. The van der Waals surface area contributed by atoms with E-state index in [0.29, 0.717) is 28.1 Å². The van der Waals surface area contributed by atoms with Gasteiger partial charge in [-0.25, -0.2) is 9.97 Å². The van der Waals surface area contributed by atoms with Gasteiger partial charge in [-0.15, -0.1) is 0 Å². The van der Waals surface area contributed by atoms with Crippen LogP contribution in [0.15, 0.2) is 42.5 Å². The third kappa shape index (κ3) is 4.40.